The lowest BCUT2D eigenvalue weighted by molar-refractivity contribution is -0.149. The minimum Gasteiger partial charge on any atom is -0.466 e. The van der Waals surface area contributed by atoms with E-state index in [9.17, 15) is 9.59 Å². The Morgan fingerprint density at radius 2 is 1.88 bits per heavy atom. The van der Waals surface area contributed by atoms with Crippen molar-refractivity contribution in [2.45, 2.75) is 33.1 Å². The second-order valence-electron chi connectivity index (χ2n) is 8.11. The Labute approximate surface area is 197 Å². The molecular formula is C25H27N3O4S. The quantitative estimate of drug-likeness (QED) is 0.473. The van der Waals surface area contributed by atoms with Crippen LogP contribution in [0.4, 0.5) is 0 Å². The van der Waals surface area contributed by atoms with Crippen LogP contribution in [-0.2, 0) is 16.0 Å². The fourth-order valence-electron chi connectivity index (χ4n) is 3.80. The molecule has 172 valence electrons. The molecule has 3 aromatic rings. The van der Waals surface area contributed by atoms with E-state index in [2.05, 4.69) is 40.5 Å². The SMILES string of the molecule is CCOC(=O)C1CCCN(C(=O)c2ccc(Oc3nc(Cc4ccc(C)cc4)ns3)cc2)C1. The van der Waals surface area contributed by atoms with Gasteiger partial charge in [-0.15, -0.1) is 0 Å². The van der Waals surface area contributed by atoms with E-state index in [1.807, 2.05) is 0 Å². The molecule has 1 aliphatic rings. The van der Waals surface area contributed by atoms with E-state index >= 15 is 0 Å². The Bertz CT molecular complexity index is 1100. The monoisotopic (exact) mass is 465 g/mol. The minimum absolute atomic E-state index is 0.0909. The highest BCUT2D eigenvalue weighted by Gasteiger charge is 2.29. The molecule has 8 heteroatoms. The highest BCUT2D eigenvalue weighted by molar-refractivity contribution is 7.07. The van der Waals surface area contributed by atoms with Crippen molar-refractivity contribution in [3.63, 3.8) is 0 Å². The van der Waals surface area contributed by atoms with Crippen molar-refractivity contribution in [1.29, 1.82) is 0 Å². The average molecular weight is 466 g/mol. The number of aromatic nitrogens is 2. The van der Waals surface area contributed by atoms with Crippen LogP contribution in [0.1, 0.15) is 47.1 Å². The van der Waals surface area contributed by atoms with Crippen molar-refractivity contribution in [2.24, 2.45) is 5.92 Å². The smallest absolute Gasteiger partial charge is 0.310 e. The van der Waals surface area contributed by atoms with E-state index in [0.29, 0.717) is 48.4 Å². The maximum absolute atomic E-state index is 12.9. The summed E-state index contributed by atoms with van der Waals surface area (Å²) in [4.78, 5) is 31.1. The maximum Gasteiger partial charge on any atom is 0.310 e. The molecule has 0 saturated carbocycles. The Balaban J connectivity index is 1.34. The number of esters is 1. The van der Waals surface area contributed by atoms with E-state index in [0.717, 1.165) is 18.4 Å². The van der Waals surface area contributed by atoms with Gasteiger partial charge in [0.15, 0.2) is 5.82 Å². The molecule has 33 heavy (non-hydrogen) atoms. The van der Waals surface area contributed by atoms with E-state index in [1.165, 1.54) is 17.1 Å². The number of piperidine rings is 1. The fraction of sp³-hybridized carbons (Fsp3) is 0.360. The van der Waals surface area contributed by atoms with Crippen LogP contribution in [-0.4, -0.2) is 45.8 Å². The van der Waals surface area contributed by atoms with Gasteiger partial charge in [0, 0.05) is 36.6 Å². The molecular weight excluding hydrogens is 438 g/mol. The lowest BCUT2D eigenvalue weighted by Gasteiger charge is -2.31. The molecule has 1 aliphatic heterocycles. The lowest BCUT2D eigenvalue weighted by Crippen LogP contribution is -2.42. The summed E-state index contributed by atoms with van der Waals surface area (Å²) in [6, 6.07) is 15.3. The van der Waals surface area contributed by atoms with E-state index in [1.54, 1.807) is 36.1 Å². The zero-order valence-electron chi connectivity index (χ0n) is 18.8. The first-order valence-corrected chi connectivity index (χ1v) is 11.9. The minimum atomic E-state index is -0.253. The van der Waals surface area contributed by atoms with Gasteiger partial charge >= 0.3 is 5.97 Å². The van der Waals surface area contributed by atoms with E-state index in [-0.39, 0.29) is 17.8 Å². The van der Waals surface area contributed by atoms with Gasteiger partial charge in [-0.3, -0.25) is 9.59 Å². The zero-order valence-corrected chi connectivity index (χ0v) is 19.6. The molecule has 4 rings (SSSR count). The highest BCUT2D eigenvalue weighted by Crippen LogP contribution is 2.25. The van der Waals surface area contributed by atoms with Crippen molar-refractivity contribution in [1.82, 2.24) is 14.3 Å². The predicted octanol–water partition coefficient (Wildman–Crippen LogP) is 4.64. The summed E-state index contributed by atoms with van der Waals surface area (Å²) in [6.45, 7) is 5.24. The summed E-state index contributed by atoms with van der Waals surface area (Å²) < 4.78 is 15.3. The molecule has 1 aromatic heterocycles. The molecule has 1 unspecified atom stereocenters. The molecule has 1 fully saturated rings. The van der Waals surface area contributed by atoms with E-state index < -0.39 is 0 Å². The van der Waals surface area contributed by atoms with Crippen molar-refractivity contribution >= 4 is 23.4 Å². The van der Waals surface area contributed by atoms with Gasteiger partial charge in [-0.25, -0.2) is 0 Å². The summed E-state index contributed by atoms with van der Waals surface area (Å²) in [5.41, 5.74) is 2.93. The molecule has 7 nitrogen and oxygen atoms in total. The van der Waals surface area contributed by atoms with Crippen LogP contribution < -0.4 is 4.74 Å². The Morgan fingerprint density at radius 1 is 1.12 bits per heavy atom. The molecule has 0 aliphatic carbocycles. The van der Waals surface area contributed by atoms with Crippen LogP contribution in [0.2, 0.25) is 0 Å². The number of carbonyl (C=O) groups excluding carboxylic acids is 2. The average Bonchev–Trinajstić information content (AvgIpc) is 3.27. The normalized spacial score (nSPS) is 15.8. The molecule has 2 heterocycles. The summed E-state index contributed by atoms with van der Waals surface area (Å²) in [6.07, 6.45) is 2.19. The number of hydrogen-bond acceptors (Lipinski definition) is 7. The van der Waals surface area contributed by atoms with E-state index in [4.69, 9.17) is 9.47 Å². The van der Waals surface area contributed by atoms with Crippen LogP contribution in [0, 0.1) is 12.8 Å². The Morgan fingerprint density at radius 3 is 2.61 bits per heavy atom. The second kappa shape index (κ2) is 10.6. The Kier molecular flexibility index (Phi) is 7.34. The number of carbonyl (C=O) groups is 2. The zero-order chi connectivity index (χ0) is 23.2. The summed E-state index contributed by atoms with van der Waals surface area (Å²) in [5.74, 6) is 0.737. The first-order valence-electron chi connectivity index (χ1n) is 11.1. The van der Waals surface area contributed by atoms with Crippen LogP contribution in [0.25, 0.3) is 0 Å². The van der Waals surface area contributed by atoms with Crippen LogP contribution in [0.3, 0.4) is 0 Å². The molecule has 0 radical (unpaired) electrons. The van der Waals surface area contributed by atoms with Crippen LogP contribution >= 0.6 is 11.5 Å². The second-order valence-corrected chi connectivity index (χ2v) is 8.82. The van der Waals surface area contributed by atoms with Gasteiger partial charge in [0.1, 0.15) is 5.75 Å². The topological polar surface area (TPSA) is 81.6 Å². The van der Waals surface area contributed by atoms with Gasteiger partial charge < -0.3 is 14.4 Å². The first kappa shape index (κ1) is 22.9. The first-order chi connectivity index (χ1) is 16.0. The third-order valence-electron chi connectivity index (χ3n) is 5.57. The van der Waals surface area contributed by atoms with Gasteiger partial charge in [0.25, 0.3) is 11.1 Å². The van der Waals surface area contributed by atoms with Crippen LogP contribution in [0.5, 0.6) is 10.9 Å². The largest absolute Gasteiger partial charge is 0.466 e. The van der Waals surface area contributed by atoms with Gasteiger partial charge in [-0.2, -0.15) is 9.36 Å². The molecule has 0 spiro atoms. The number of hydrogen-bond donors (Lipinski definition) is 0. The molecule has 0 N–H and O–H groups in total. The lowest BCUT2D eigenvalue weighted by atomic mass is 9.97. The third kappa shape index (κ3) is 5.96. The molecule has 1 saturated heterocycles. The Hall–Kier alpha value is -3.26. The van der Waals surface area contributed by atoms with Crippen molar-refractivity contribution in [2.75, 3.05) is 19.7 Å². The summed E-state index contributed by atoms with van der Waals surface area (Å²) in [5, 5.41) is 0.462. The van der Waals surface area contributed by atoms with Gasteiger partial charge in [0.05, 0.1) is 12.5 Å². The van der Waals surface area contributed by atoms with Crippen LogP contribution in [0.15, 0.2) is 48.5 Å². The highest BCUT2D eigenvalue weighted by atomic mass is 32.1. The van der Waals surface area contributed by atoms with Crippen molar-refractivity contribution in [3.8, 4) is 10.9 Å². The molecule has 1 amide bonds. The number of aryl methyl sites for hydroxylation is 1. The fourth-order valence-corrected chi connectivity index (χ4v) is 4.37. The van der Waals surface area contributed by atoms with Crippen molar-refractivity contribution < 1.29 is 19.1 Å². The molecule has 2 aromatic carbocycles. The third-order valence-corrected chi connectivity index (χ3v) is 6.20. The number of benzene rings is 2. The maximum atomic E-state index is 12.9. The number of rotatable bonds is 7. The van der Waals surface area contributed by atoms with Gasteiger partial charge in [0.2, 0.25) is 0 Å². The van der Waals surface area contributed by atoms with Gasteiger partial charge in [-0.05, 0) is 56.5 Å². The molecule has 1 atom stereocenters. The number of likely N-dealkylation sites (tertiary alicyclic amines) is 1. The standard InChI is InChI=1S/C25H27N3O4S/c1-3-31-24(30)20-5-4-14-28(16-20)23(29)19-10-12-21(13-11-19)32-25-26-22(27-33-25)15-18-8-6-17(2)7-9-18/h6-13,20H,3-5,14-16H2,1-2H3. The predicted molar refractivity (Wildman–Crippen MR) is 126 cm³/mol. The summed E-state index contributed by atoms with van der Waals surface area (Å²) >= 11 is 1.20. The number of ether oxygens (including phenoxy) is 2. The van der Waals surface area contributed by atoms with Crippen molar-refractivity contribution in [3.05, 3.63) is 71.0 Å². The van der Waals surface area contributed by atoms with Gasteiger partial charge in [-0.1, -0.05) is 29.8 Å². The number of nitrogens with zero attached hydrogens (tertiary/aromatic N) is 3. The summed E-state index contributed by atoms with van der Waals surface area (Å²) in [7, 11) is 0. The number of amides is 1. The molecule has 0 bridgehead atoms.